The number of benzene rings is 1. The minimum absolute atomic E-state index is 0.185. The van der Waals surface area contributed by atoms with Gasteiger partial charge in [-0.3, -0.25) is 0 Å². The summed E-state index contributed by atoms with van der Waals surface area (Å²) in [6.07, 6.45) is 6.03. The summed E-state index contributed by atoms with van der Waals surface area (Å²) in [5.41, 5.74) is 15.4. The van der Waals surface area contributed by atoms with Crippen LogP contribution in [0.3, 0.4) is 0 Å². The van der Waals surface area contributed by atoms with Crippen molar-refractivity contribution >= 4 is 11.8 Å². The van der Waals surface area contributed by atoms with Gasteiger partial charge in [0.2, 0.25) is 5.95 Å². The van der Waals surface area contributed by atoms with E-state index in [1.54, 1.807) is 6.20 Å². The average Bonchev–Trinajstić information content (AvgIpc) is 2.47. The fourth-order valence-electron chi connectivity index (χ4n) is 2.64. The Hall–Kier alpha value is -2.30. The van der Waals surface area contributed by atoms with Crippen molar-refractivity contribution in [2.75, 3.05) is 11.5 Å². The van der Waals surface area contributed by atoms with Gasteiger partial charge in [-0.15, -0.1) is 0 Å². The Labute approximate surface area is 131 Å². The molecule has 22 heavy (non-hydrogen) atoms. The summed E-state index contributed by atoms with van der Waals surface area (Å²) in [6, 6.07) is 4.10. The van der Waals surface area contributed by atoms with E-state index in [9.17, 15) is 5.11 Å². The molecule has 0 spiro atoms. The molecule has 0 aliphatic rings. The third kappa shape index (κ3) is 3.67. The molecule has 118 valence electrons. The molecule has 0 unspecified atom stereocenters. The Bertz CT molecular complexity index is 628. The second-order valence-electron chi connectivity index (χ2n) is 5.58. The van der Waals surface area contributed by atoms with Gasteiger partial charge in [-0.1, -0.05) is 38.8 Å². The van der Waals surface area contributed by atoms with Crippen molar-refractivity contribution in [1.82, 2.24) is 9.97 Å². The molecule has 0 aliphatic carbocycles. The topological polar surface area (TPSA) is 98.0 Å². The van der Waals surface area contributed by atoms with Crippen LogP contribution >= 0.6 is 0 Å². The third-order valence-corrected chi connectivity index (χ3v) is 3.68. The zero-order valence-corrected chi connectivity index (χ0v) is 13.3. The van der Waals surface area contributed by atoms with Gasteiger partial charge >= 0.3 is 0 Å². The number of aromatic nitrogens is 2. The van der Waals surface area contributed by atoms with Crippen LogP contribution in [0.5, 0.6) is 5.75 Å². The lowest BCUT2D eigenvalue weighted by atomic mass is 9.95. The van der Waals surface area contributed by atoms with Gasteiger partial charge in [0.25, 0.3) is 0 Å². The van der Waals surface area contributed by atoms with E-state index in [0.29, 0.717) is 18.0 Å². The number of phenols is 1. The smallest absolute Gasteiger partial charge is 0.221 e. The summed E-state index contributed by atoms with van der Waals surface area (Å²) in [6.45, 7) is 4.22. The van der Waals surface area contributed by atoms with E-state index in [-0.39, 0.29) is 5.95 Å². The number of nitrogens with zero attached hydrogens (tertiary/aromatic N) is 2. The number of aromatic hydroxyl groups is 1. The van der Waals surface area contributed by atoms with Crippen LogP contribution in [-0.4, -0.2) is 15.1 Å². The predicted octanol–water partition coefficient (Wildman–Crippen LogP) is 2.84. The maximum atomic E-state index is 10.4. The number of nitrogens with two attached hydrogens (primary N) is 2. The largest absolute Gasteiger partial charge is 0.507 e. The van der Waals surface area contributed by atoms with E-state index in [4.69, 9.17) is 11.5 Å². The SMILES string of the molecule is CCCc1cc(Cc2cnc(N)nc2N)cc(CCC)c1O. The fraction of sp³-hybridized carbons (Fsp3) is 0.412. The summed E-state index contributed by atoms with van der Waals surface area (Å²) in [4.78, 5) is 8.01. The van der Waals surface area contributed by atoms with Crippen LogP contribution in [0.1, 0.15) is 48.9 Å². The summed E-state index contributed by atoms with van der Waals surface area (Å²) >= 11 is 0. The maximum absolute atomic E-state index is 10.4. The first-order chi connectivity index (χ1) is 10.5. The molecule has 0 fully saturated rings. The lowest BCUT2D eigenvalue weighted by Crippen LogP contribution is -2.04. The molecule has 0 saturated heterocycles. The molecule has 0 bridgehead atoms. The molecule has 5 nitrogen and oxygen atoms in total. The van der Waals surface area contributed by atoms with E-state index in [1.807, 2.05) is 12.1 Å². The summed E-state index contributed by atoms with van der Waals surface area (Å²) in [5, 5.41) is 10.4. The Morgan fingerprint density at radius 2 is 1.59 bits per heavy atom. The van der Waals surface area contributed by atoms with Crippen molar-refractivity contribution in [1.29, 1.82) is 0 Å². The first kappa shape index (κ1) is 16.1. The number of phenolic OH excluding ortho intramolecular Hbond substituents is 1. The van der Waals surface area contributed by atoms with Crippen molar-refractivity contribution in [3.05, 3.63) is 40.6 Å². The number of anilines is 2. The molecule has 0 saturated carbocycles. The number of rotatable bonds is 6. The second-order valence-corrected chi connectivity index (χ2v) is 5.58. The van der Waals surface area contributed by atoms with E-state index in [1.165, 1.54) is 0 Å². The van der Waals surface area contributed by atoms with E-state index in [2.05, 4.69) is 23.8 Å². The highest BCUT2D eigenvalue weighted by atomic mass is 16.3. The van der Waals surface area contributed by atoms with Gasteiger partial charge in [0.15, 0.2) is 0 Å². The van der Waals surface area contributed by atoms with Crippen molar-refractivity contribution < 1.29 is 5.11 Å². The zero-order valence-electron chi connectivity index (χ0n) is 13.3. The number of nitrogen functional groups attached to an aromatic ring is 2. The average molecular weight is 300 g/mol. The Kier molecular flexibility index (Phi) is 5.20. The number of hydrogen-bond acceptors (Lipinski definition) is 5. The fourth-order valence-corrected chi connectivity index (χ4v) is 2.64. The van der Waals surface area contributed by atoms with Gasteiger partial charge < -0.3 is 16.6 Å². The maximum Gasteiger partial charge on any atom is 0.221 e. The normalized spacial score (nSPS) is 10.8. The van der Waals surface area contributed by atoms with Crippen LogP contribution < -0.4 is 11.5 Å². The first-order valence-corrected chi connectivity index (χ1v) is 7.75. The molecule has 1 aromatic carbocycles. The Balaban J connectivity index is 2.37. The van der Waals surface area contributed by atoms with E-state index < -0.39 is 0 Å². The van der Waals surface area contributed by atoms with E-state index >= 15 is 0 Å². The lowest BCUT2D eigenvalue weighted by Gasteiger charge is -2.13. The third-order valence-electron chi connectivity index (χ3n) is 3.68. The summed E-state index contributed by atoms with van der Waals surface area (Å²) in [7, 11) is 0. The summed E-state index contributed by atoms with van der Waals surface area (Å²) in [5.74, 6) is 1.04. The molecule has 1 aromatic heterocycles. The van der Waals surface area contributed by atoms with Gasteiger partial charge in [-0.25, -0.2) is 4.98 Å². The minimum atomic E-state index is 0.185. The van der Waals surface area contributed by atoms with Crippen LogP contribution in [0.15, 0.2) is 18.3 Å². The zero-order chi connectivity index (χ0) is 16.1. The van der Waals surface area contributed by atoms with Crippen molar-refractivity contribution in [2.24, 2.45) is 0 Å². The minimum Gasteiger partial charge on any atom is -0.507 e. The van der Waals surface area contributed by atoms with Gasteiger partial charge in [-0.05, 0) is 29.5 Å². The van der Waals surface area contributed by atoms with Crippen LogP contribution in [0, 0.1) is 0 Å². The van der Waals surface area contributed by atoms with E-state index in [0.717, 1.165) is 47.9 Å². The van der Waals surface area contributed by atoms with Gasteiger partial charge in [0.05, 0.1) is 0 Å². The summed E-state index contributed by atoms with van der Waals surface area (Å²) < 4.78 is 0. The molecule has 0 atom stereocenters. The Morgan fingerprint density at radius 1 is 1.00 bits per heavy atom. The van der Waals surface area contributed by atoms with Crippen LogP contribution in [0.25, 0.3) is 0 Å². The van der Waals surface area contributed by atoms with Crippen LogP contribution in [0.2, 0.25) is 0 Å². The highest BCUT2D eigenvalue weighted by Crippen LogP contribution is 2.28. The van der Waals surface area contributed by atoms with Crippen molar-refractivity contribution in [3.63, 3.8) is 0 Å². The number of aryl methyl sites for hydroxylation is 2. The first-order valence-electron chi connectivity index (χ1n) is 7.75. The standard InChI is InChI=1S/C17H24N4O/c1-3-5-12-7-11(8-13(6-4-2)15(12)22)9-14-10-20-17(19)21-16(14)18/h7-8,10,22H,3-6,9H2,1-2H3,(H4,18,19,20,21). The number of hydrogen-bond donors (Lipinski definition) is 3. The lowest BCUT2D eigenvalue weighted by molar-refractivity contribution is 0.459. The molecular formula is C17H24N4O. The monoisotopic (exact) mass is 300 g/mol. The second kappa shape index (κ2) is 7.11. The molecular weight excluding hydrogens is 276 g/mol. The highest BCUT2D eigenvalue weighted by Gasteiger charge is 2.11. The quantitative estimate of drug-likeness (QED) is 0.762. The molecule has 5 heteroatoms. The van der Waals surface area contributed by atoms with Gasteiger partial charge in [0, 0.05) is 18.2 Å². The van der Waals surface area contributed by atoms with Gasteiger partial charge in [0.1, 0.15) is 11.6 Å². The van der Waals surface area contributed by atoms with Crippen molar-refractivity contribution in [2.45, 2.75) is 46.0 Å². The highest BCUT2D eigenvalue weighted by molar-refractivity contribution is 5.48. The molecule has 5 N–H and O–H groups in total. The molecule has 0 aliphatic heterocycles. The predicted molar refractivity (Wildman–Crippen MR) is 89.8 cm³/mol. The van der Waals surface area contributed by atoms with Crippen molar-refractivity contribution in [3.8, 4) is 5.75 Å². The van der Waals surface area contributed by atoms with Gasteiger partial charge in [-0.2, -0.15) is 4.98 Å². The van der Waals surface area contributed by atoms with Crippen LogP contribution in [-0.2, 0) is 19.3 Å². The molecule has 1 heterocycles. The molecule has 2 rings (SSSR count). The molecule has 0 radical (unpaired) electrons. The Morgan fingerprint density at radius 3 is 2.09 bits per heavy atom. The molecule has 2 aromatic rings. The van der Waals surface area contributed by atoms with Crippen LogP contribution in [0.4, 0.5) is 11.8 Å². The molecule has 0 amide bonds.